The molecule has 21 heavy (non-hydrogen) atoms. The number of hydrogen-bond donors (Lipinski definition) is 2. The van der Waals surface area contributed by atoms with E-state index in [-0.39, 0.29) is 0 Å². The van der Waals surface area contributed by atoms with E-state index in [0.717, 1.165) is 36.2 Å². The summed E-state index contributed by atoms with van der Waals surface area (Å²) in [5.74, 6) is 0. The minimum atomic E-state index is -3.55. The van der Waals surface area contributed by atoms with Crippen LogP contribution in [-0.4, -0.2) is 15.0 Å². The van der Waals surface area contributed by atoms with Crippen molar-refractivity contribution in [2.24, 2.45) is 0 Å². The highest BCUT2D eigenvalue weighted by molar-refractivity contribution is 7.92. The molecule has 0 bridgehead atoms. The highest BCUT2D eigenvalue weighted by Crippen LogP contribution is 2.30. The molecular formula is C16H18N2O2S. The van der Waals surface area contributed by atoms with Gasteiger partial charge in [-0.3, -0.25) is 4.72 Å². The molecule has 0 fully saturated rings. The number of fused-ring (bicyclic) bond motifs is 1. The van der Waals surface area contributed by atoms with Crippen LogP contribution in [0.15, 0.2) is 47.4 Å². The van der Waals surface area contributed by atoms with Gasteiger partial charge in [-0.15, -0.1) is 0 Å². The molecule has 3 rings (SSSR count). The second-order valence-electron chi connectivity index (χ2n) is 5.28. The molecule has 0 aromatic heterocycles. The summed E-state index contributed by atoms with van der Waals surface area (Å²) in [6, 6.07) is 12.6. The molecule has 1 heterocycles. The van der Waals surface area contributed by atoms with Gasteiger partial charge in [-0.1, -0.05) is 18.2 Å². The van der Waals surface area contributed by atoms with E-state index in [1.54, 1.807) is 18.2 Å². The van der Waals surface area contributed by atoms with Gasteiger partial charge in [-0.2, -0.15) is 0 Å². The lowest BCUT2D eigenvalue weighted by molar-refractivity contribution is 0.601. The number of sulfonamides is 1. The van der Waals surface area contributed by atoms with Gasteiger partial charge in [0, 0.05) is 12.2 Å². The maximum Gasteiger partial charge on any atom is 0.261 e. The van der Waals surface area contributed by atoms with Crippen LogP contribution in [0.1, 0.15) is 17.5 Å². The van der Waals surface area contributed by atoms with Crippen molar-refractivity contribution in [3.8, 4) is 0 Å². The van der Waals surface area contributed by atoms with Crippen LogP contribution in [0.3, 0.4) is 0 Å². The maximum absolute atomic E-state index is 12.5. The Hall–Kier alpha value is -2.01. The number of rotatable bonds is 3. The molecule has 2 aromatic carbocycles. The fourth-order valence-electron chi connectivity index (χ4n) is 2.59. The monoisotopic (exact) mass is 302 g/mol. The van der Waals surface area contributed by atoms with Crippen molar-refractivity contribution < 1.29 is 8.42 Å². The Bertz CT molecular complexity index is 770. The highest BCUT2D eigenvalue weighted by atomic mass is 32.2. The van der Waals surface area contributed by atoms with Crippen LogP contribution in [0.5, 0.6) is 0 Å². The average Bonchev–Trinajstić information content (AvgIpc) is 2.47. The van der Waals surface area contributed by atoms with E-state index in [0.29, 0.717) is 10.6 Å². The lowest BCUT2D eigenvalue weighted by Crippen LogP contribution is -2.18. The summed E-state index contributed by atoms with van der Waals surface area (Å²) < 4.78 is 27.7. The molecular weight excluding hydrogens is 284 g/mol. The molecule has 1 aliphatic heterocycles. The predicted molar refractivity (Wildman–Crippen MR) is 85.2 cm³/mol. The SMILES string of the molecule is Cc1cccc(S(=O)(=O)Nc2cccc3c2CCCN3)c1. The van der Waals surface area contributed by atoms with E-state index in [9.17, 15) is 8.42 Å². The molecule has 4 nitrogen and oxygen atoms in total. The number of aryl methyl sites for hydroxylation is 1. The Morgan fingerprint density at radius 3 is 2.76 bits per heavy atom. The molecule has 1 aliphatic rings. The summed E-state index contributed by atoms with van der Waals surface area (Å²) in [6.45, 7) is 2.81. The van der Waals surface area contributed by atoms with Crippen molar-refractivity contribution in [2.75, 3.05) is 16.6 Å². The van der Waals surface area contributed by atoms with Crippen LogP contribution in [0.25, 0.3) is 0 Å². The lowest BCUT2D eigenvalue weighted by Gasteiger charge is -2.21. The molecule has 2 N–H and O–H groups in total. The molecule has 5 heteroatoms. The van der Waals surface area contributed by atoms with Crippen LogP contribution >= 0.6 is 0 Å². The maximum atomic E-state index is 12.5. The minimum Gasteiger partial charge on any atom is -0.385 e. The number of anilines is 2. The van der Waals surface area contributed by atoms with Gasteiger partial charge >= 0.3 is 0 Å². The Kier molecular flexibility index (Phi) is 3.59. The number of hydrogen-bond acceptors (Lipinski definition) is 3. The summed E-state index contributed by atoms with van der Waals surface area (Å²) in [5, 5.41) is 3.30. The van der Waals surface area contributed by atoms with Crippen molar-refractivity contribution in [1.29, 1.82) is 0 Å². The van der Waals surface area contributed by atoms with Crippen LogP contribution in [0.2, 0.25) is 0 Å². The molecule has 0 saturated heterocycles. The van der Waals surface area contributed by atoms with Gasteiger partial charge in [0.1, 0.15) is 0 Å². The molecule has 110 valence electrons. The number of benzene rings is 2. The molecule has 0 spiro atoms. The van der Waals surface area contributed by atoms with Gasteiger partial charge in [-0.25, -0.2) is 8.42 Å². The second kappa shape index (κ2) is 5.41. The summed E-state index contributed by atoms with van der Waals surface area (Å²) >= 11 is 0. The first-order valence-electron chi connectivity index (χ1n) is 7.01. The first kappa shape index (κ1) is 13.9. The second-order valence-corrected chi connectivity index (χ2v) is 6.97. The molecule has 0 aliphatic carbocycles. The van der Waals surface area contributed by atoms with E-state index in [2.05, 4.69) is 10.0 Å². The van der Waals surface area contributed by atoms with Crippen LogP contribution in [-0.2, 0) is 16.4 Å². The van der Waals surface area contributed by atoms with Crippen molar-refractivity contribution in [3.63, 3.8) is 0 Å². The van der Waals surface area contributed by atoms with Crippen molar-refractivity contribution in [2.45, 2.75) is 24.7 Å². The Balaban J connectivity index is 1.96. The first-order valence-corrected chi connectivity index (χ1v) is 8.50. The Morgan fingerprint density at radius 2 is 1.95 bits per heavy atom. The van der Waals surface area contributed by atoms with Gasteiger partial charge in [0.05, 0.1) is 10.6 Å². The van der Waals surface area contributed by atoms with Crippen LogP contribution in [0, 0.1) is 6.92 Å². The standard InChI is InChI=1S/C16H18N2O2S/c1-12-5-2-6-13(11-12)21(19,20)18-16-9-3-8-15-14(16)7-4-10-17-15/h2-3,5-6,8-9,11,17-18H,4,7,10H2,1H3. The zero-order valence-electron chi connectivity index (χ0n) is 11.9. The van der Waals surface area contributed by atoms with Crippen LogP contribution < -0.4 is 10.0 Å². The van der Waals surface area contributed by atoms with Gasteiger partial charge in [0.25, 0.3) is 10.0 Å². The first-order chi connectivity index (χ1) is 10.1. The third-order valence-electron chi connectivity index (χ3n) is 3.64. The molecule has 0 radical (unpaired) electrons. The van der Waals surface area contributed by atoms with Gasteiger partial charge < -0.3 is 5.32 Å². The topological polar surface area (TPSA) is 58.2 Å². The lowest BCUT2D eigenvalue weighted by atomic mass is 10.0. The Morgan fingerprint density at radius 1 is 1.14 bits per heavy atom. The summed E-state index contributed by atoms with van der Waals surface area (Å²) in [7, 11) is -3.55. The van der Waals surface area contributed by atoms with E-state index in [1.165, 1.54) is 0 Å². The Labute approximate surface area is 125 Å². The molecule has 0 amide bonds. The third kappa shape index (κ3) is 2.88. The summed E-state index contributed by atoms with van der Waals surface area (Å²) in [6.07, 6.45) is 1.89. The largest absolute Gasteiger partial charge is 0.385 e. The molecule has 0 saturated carbocycles. The third-order valence-corrected chi connectivity index (χ3v) is 5.00. The highest BCUT2D eigenvalue weighted by Gasteiger charge is 2.18. The van der Waals surface area contributed by atoms with E-state index >= 15 is 0 Å². The van der Waals surface area contributed by atoms with Crippen molar-refractivity contribution in [1.82, 2.24) is 0 Å². The molecule has 0 atom stereocenters. The average molecular weight is 302 g/mol. The van der Waals surface area contributed by atoms with Crippen molar-refractivity contribution >= 4 is 21.4 Å². The number of nitrogens with one attached hydrogen (secondary N) is 2. The quantitative estimate of drug-likeness (QED) is 0.915. The zero-order chi connectivity index (χ0) is 14.9. The summed E-state index contributed by atoms with van der Waals surface area (Å²) in [5.41, 5.74) is 3.65. The van der Waals surface area contributed by atoms with Gasteiger partial charge in [0.15, 0.2) is 0 Å². The van der Waals surface area contributed by atoms with E-state index < -0.39 is 10.0 Å². The smallest absolute Gasteiger partial charge is 0.261 e. The van der Waals surface area contributed by atoms with Crippen molar-refractivity contribution in [3.05, 3.63) is 53.6 Å². The van der Waals surface area contributed by atoms with Gasteiger partial charge in [0.2, 0.25) is 0 Å². The normalized spacial score (nSPS) is 14.1. The van der Waals surface area contributed by atoms with Crippen LogP contribution in [0.4, 0.5) is 11.4 Å². The predicted octanol–water partition coefficient (Wildman–Crippen LogP) is 3.15. The fraction of sp³-hybridized carbons (Fsp3) is 0.250. The van der Waals surface area contributed by atoms with Gasteiger partial charge in [-0.05, 0) is 55.2 Å². The molecule has 0 unspecified atom stereocenters. The fourth-order valence-corrected chi connectivity index (χ4v) is 3.79. The summed E-state index contributed by atoms with van der Waals surface area (Å²) in [4.78, 5) is 0.295. The van der Waals surface area contributed by atoms with E-state index in [4.69, 9.17) is 0 Å². The zero-order valence-corrected chi connectivity index (χ0v) is 12.7. The molecule has 2 aromatic rings. The minimum absolute atomic E-state index is 0.295. The van der Waals surface area contributed by atoms with E-state index in [1.807, 2.05) is 31.2 Å².